The van der Waals surface area contributed by atoms with Gasteiger partial charge in [-0.05, 0) is 6.42 Å². The van der Waals surface area contributed by atoms with E-state index in [2.05, 4.69) is 0 Å². The highest BCUT2D eigenvalue weighted by molar-refractivity contribution is 5.13. The summed E-state index contributed by atoms with van der Waals surface area (Å²) < 4.78 is 195. The smallest absolute Gasteiger partial charge is 0.241 e. The molecule has 0 radical (unpaired) electrons. The molecule has 0 aromatic rings. The second-order valence-corrected chi connectivity index (χ2v) is 5.81. The number of hydrogen-bond acceptors (Lipinski definition) is 0. The third-order valence-electron chi connectivity index (χ3n) is 3.75. The minimum absolute atomic E-state index is 0.0900. The molecule has 0 saturated heterocycles. The molecule has 15 heteroatoms. The highest BCUT2D eigenvalue weighted by atomic mass is 19.4. The van der Waals surface area contributed by atoms with E-state index >= 15 is 0 Å². The van der Waals surface area contributed by atoms with Crippen molar-refractivity contribution in [2.75, 3.05) is 0 Å². The Bertz CT molecular complexity index is 510. The maximum Gasteiger partial charge on any atom is 0.384 e. The predicted octanol–water partition coefficient (Wildman–Crippen LogP) is 6.98. The van der Waals surface area contributed by atoms with Crippen LogP contribution in [-0.2, 0) is 0 Å². The van der Waals surface area contributed by atoms with Gasteiger partial charge in [0.1, 0.15) is 0 Å². The Kier molecular flexibility index (Phi) is 7.70. The van der Waals surface area contributed by atoms with Gasteiger partial charge in [0, 0.05) is 0 Å². The molecule has 28 heavy (non-hydrogen) atoms. The van der Waals surface area contributed by atoms with Gasteiger partial charge in [-0.3, -0.25) is 0 Å². The van der Waals surface area contributed by atoms with Crippen molar-refractivity contribution >= 4 is 0 Å². The molecule has 0 heterocycles. The lowest BCUT2D eigenvalue weighted by molar-refractivity contribution is -0.436. The van der Waals surface area contributed by atoms with Crippen LogP contribution in [0.4, 0.5) is 65.9 Å². The standard InChI is InChI=1S/C13H13F15/c1-2-3-4-5-6(14)8(17,18)10(21,22)12(25,26)13(27,28)11(23,24)9(19,20)7(15)16/h6-7H,2-5H2,1H3. The molecule has 0 saturated carbocycles. The zero-order valence-corrected chi connectivity index (χ0v) is 13.7. The van der Waals surface area contributed by atoms with Gasteiger partial charge in [0.25, 0.3) is 0 Å². The molecule has 0 aromatic carbocycles. The van der Waals surface area contributed by atoms with Crippen LogP contribution in [0.25, 0.3) is 0 Å². The molecule has 0 nitrogen and oxygen atoms in total. The van der Waals surface area contributed by atoms with Crippen LogP contribution < -0.4 is 0 Å². The summed E-state index contributed by atoms with van der Waals surface area (Å²) in [4.78, 5) is 0. The van der Waals surface area contributed by atoms with Gasteiger partial charge in [0.2, 0.25) is 0 Å². The van der Waals surface area contributed by atoms with Crippen molar-refractivity contribution in [1.82, 2.24) is 0 Å². The lowest BCUT2D eigenvalue weighted by Crippen LogP contribution is -2.72. The van der Waals surface area contributed by atoms with Crippen LogP contribution in [0.2, 0.25) is 0 Å². The van der Waals surface area contributed by atoms with E-state index in [0.29, 0.717) is 0 Å². The van der Waals surface area contributed by atoms with E-state index in [4.69, 9.17) is 0 Å². The molecule has 0 aromatic heterocycles. The normalized spacial score (nSPS) is 16.6. The molecule has 0 amide bonds. The Morgan fingerprint density at radius 3 is 1.21 bits per heavy atom. The van der Waals surface area contributed by atoms with Crippen LogP contribution in [0.3, 0.4) is 0 Å². The number of hydrogen-bond donors (Lipinski definition) is 0. The number of unbranched alkanes of at least 4 members (excludes halogenated alkanes) is 2. The molecule has 1 unspecified atom stereocenters. The molecule has 0 rings (SSSR count). The van der Waals surface area contributed by atoms with E-state index in [1.165, 1.54) is 6.92 Å². The van der Waals surface area contributed by atoms with Crippen LogP contribution in [0.1, 0.15) is 32.6 Å². The highest BCUT2D eigenvalue weighted by Crippen LogP contribution is 2.61. The van der Waals surface area contributed by atoms with Crippen LogP contribution in [0.15, 0.2) is 0 Å². The van der Waals surface area contributed by atoms with E-state index in [1.807, 2.05) is 0 Å². The summed E-state index contributed by atoms with van der Waals surface area (Å²) >= 11 is 0. The summed E-state index contributed by atoms with van der Waals surface area (Å²) in [6.07, 6.45) is -12.1. The third-order valence-corrected chi connectivity index (χ3v) is 3.75. The second kappa shape index (κ2) is 8.00. The monoisotopic (exact) mass is 454 g/mol. The Hall–Kier alpha value is -1.05. The Morgan fingerprint density at radius 2 is 0.893 bits per heavy atom. The summed E-state index contributed by atoms with van der Waals surface area (Å²) in [7, 11) is 0. The SMILES string of the molecule is CCCCCC(F)C(F)(F)C(F)(F)C(F)(F)C(F)(F)C(F)(F)C(F)(F)C(F)F. The molecular formula is C13H13F15. The fourth-order valence-corrected chi connectivity index (χ4v) is 1.90. The molecule has 0 aliphatic heterocycles. The van der Waals surface area contributed by atoms with E-state index in [0.717, 1.165) is 0 Å². The van der Waals surface area contributed by atoms with Crippen molar-refractivity contribution in [3.05, 3.63) is 0 Å². The van der Waals surface area contributed by atoms with Crippen LogP contribution in [0, 0.1) is 0 Å². The fraction of sp³-hybridized carbons (Fsp3) is 1.00. The van der Waals surface area contributed by atoms with Crippen molar-refractivity contribution in [1.29, 1.82) is 0 Å². The van der Waals surface area contributed by atoms with E-state index in [-0.39, 0.29) is 12.8 Å². The number of rotatable bonds is 11. The highest BCUT2D eigenvalue weighted by Gasteiger charge is 2.91. The van der Waals surface area contributed by atoms with Crippen LogP contribution >= 0.6 is 0 Å². The first-order valence-electron chi connectivity index (χ1n) is 7.37. The van der Waals surface area contributed by atoms with Crippen LogP contribution in [0.5, 0.6) is 0 Å². The summed E-state index contributed by atoms with van der Waals surface area (Å²) in [6, 6.07) is 0. The minimum Gasteiger partial charge on any atom is -0.241 e. The second-order valence-electron chi connectivity index (χ2n) is 5.81. The van der Waals surface area contributed by atoms with Gasteiger partial charge < -0.3 is 0 Å². The fourth-order valence-electron chi connectivity index (χ4n) is 1.90. The van der Waals surface area contributed by atoms with E-state index in [9.17, 15) is 65.9 Å². The molecular weight excluding hydrogens is 441 g/mol. The summed E-state index contributed by atoms with van der Waals surface area (Å²) in [5, 5.41) is 0. The lowest BCUT2D eigenvalue weighted by Gasteiger charge is -2.41. The van der Waals surface area contributed by atoms with Crippen molar-refractivity contribution < 1.29 is 65.9 Å². The molecule has 1 atom stereocenters. The van der Waals surface area contributed by atoms with E-state index < -0.39 is 61.0 Å². The molecule has 170 valence electrons. The van der Waals surface area contributed by atoms with Gasteiger partial charge in [0.05, 0.1) is 0 Å². The van der Waals surface area contributed by atoms with Gasteiger partial charge in [-0.1, -0.05) is 26.2 Å². The first-order valence-corrected chi connectivity index (χ1v) is 7.37. The molecule has 0 aliphatic carbocycles. The van der Waals surface area contributed by atoms with Crippen molar-refractivity contribution in [3.63, 3.8) is 0 Å². The maximum atomic E-state index is 13.4. The Labute approximate surface area is 148 Å². The van der Waals surface area contributed by atoms with Crippen molar-refractivity contribution in [2.24, 2.45) is 0 Å². The average Bonchev–Trinajstić information content (AvgIpc) is 2.53. The average molecular weight is 454 g/mol. The van der Waals surface area contributed by atoms with Crippen LogP contribution in [-0.4, -0.2) is 48.1 Å². The largest absolute Gasteiger partial charge is 0.384 e. The van der Waals surface area contributed by atoms with Gasteiger partial charge in [-0.25, -0.2) is 13.2 Å². The quantitative estimate of drug-likeness (QED) is 0.233. The third kappa shape index (κ3) is 3.85. The summed E-state index contributed by atoms with van der Waals surface area (Å²) in [5.74, 6) is -45.7. The summed E-state index contributed by atoms with van der Waals surface area (Å²) in [6.45, 7) is 1.42. The molecule has 0 aliphatic rings. The predicted molar refractivity (Wildman–Crippen MR) is 64.7 cm³/mol. The molecule has 0 spiro atoms. The first kappa shape index (κ1) is 27.0. The topological polar surface area (TPSA) is 0 Å². The maximum absolute atomic E-state index is 13.4. The number of alkyl halides is 15. The zero-order valence-electron chi connectivity index (χ0n) is 13.7. The molecule has 0 fully saturated rings. The van der Waals surface area contributed by atoms with E-state index in [1.54, 1.807) is 0 Å². The first-order chi connectivity index (χ1) is 12.2. The Morgan fingerprint density at radius 1 is 0.536 bits per heavy atom. The van der Waals surface area contributed by atoms with Crippen molar-refractivity contribution in [3.8, 4) is 0 Å². The van der Waals surface area contributed by atoms with Gasteiger partial charge in [0.15, 0.2) is 6.17 Å². The number of halogens is 15. The van der Waals surface area contributed by atoms with Gasteiger partial charge in [-0.2, -0.15) is 52.7 Å². The lowest BCUT2D eigenvalue weighted by atomic mass is 9.89. The van der Waals surface area contributed by atoms with Crippen molar-refractivity contribution in [2.45, 2.75) is 80.7 Å². The Balaban J connectivity index is 6.17. The van der Waals surface area contributed by atoms with Gasteiger partial charge >= 0.3 is 42.0 Å². The molecule has 0 N–H and O–H groups in total. The molecule has 0 bridgehead atoms. The summed E-state index contributed by atoms with van der Waals surface area (Å²) in [5.41, 5.74) is 0. The minimum atomic E-state index is -8.12. The zero-order chi connectivity index (χ0) is 23.0. The van der Waals surface area contributed by atoms with Gasteiger partial charge in [-0.15, -0.1) is 0 Å².